The normalized spacial score (nSPS) is 12.3. The summed E-state index contributed by atoms with van der Waals surface area (Å²) >= 11 is 1.34. The van der Waals surface area contributed by atoms with Gasteiger partial charge < -0.3 is 14.8 Å². The van der Waals surface area contributed by atoms with Crippen molar-refractivity contribution in [1.82, 2.24) is 9.78 Å². The van der Waals surface area contributed by atoms with Gasteiger partial charge in [-0.2, -0.15) is 5.10 Å². The molecule has 8 nitrogen and oxygen atoms in total. The number of aromatic nitrogens is 2. The summed E-state index contributed by atoms with van der Waals surface area (Å²) in [6.45, 7) is 2.45. The predicted molar refractivity (Wildman–Crippen MR) is 117 cm³/mol. The van der Waals surface area contributed by atoms with Gasteiger partial charge in [0.05, 0.1) is 25.0 Å². The Morgan fingerprint density at radius 2 is 1.97 bits per heavy atom. The molecule has 2 heterocycles. The van der Waals surface area contributed by atoms with Crippen molar-refractivity contribution in [2.75, 3.05) is 19.0 Å². The first kappa shape index (κ1) is 20.8. The number of hydrogen-bond donors (Lipinski definition) is 1. The number of hydrogen-bond acceptors (Lipinski definition) is 7. The van der Waals surface area contributed by atoms with Crippen LogP contribution in [0.25, 0.3) is 5.69 Å². The number of benzene rings is 1. The van der Waals surface area contributed by atoms with Crippen LogP contribution in [-0.2, 0) is 17.6 Å². The molecule has 1 aliphatic rings. The molecule has 0 atom stereocenters. The zero-order valence-electron chi connectivity index (χ0n) is 17.1. The summed E-state index contributed by atoms with van der Waals surface area (Å²) in [5.41, 5.74) is 1.18. The number of aryl methyl sites for hydroxylation is 1. The highest BCUT2D eigenvalue weighted by molar-refractivity contribution is 7.17. The molecule has 0 aliphatic heterocycles. The van der Waals surface area contributed by atoms with Crippen molar-refractivity contribution in [3.63, 3.8) is 0 Å². The highest BCUT2D eigenvalue weighted by Gasteiger charge is 2.28. The maximum Gasteiger partial charge on any atom is 0.341 e. The van der Waals surface area contributed by atoms with Gasteiger partial charge in [-0.15, -0.1) is 11.3 Å². The molecule has 31 heavy (non-hydrogen) atoms. The predicted octanol–water partition coefficient (Wildman–Crippen LogP) is 3.22. The number of ether oxygens (including phenoxy) is 2. The Balaban J connectivity index is 1.63. The van der Waals surface area contributed by atoms with E-state index in [2.05, 4.69) is 10.4 Å². The Morgan fingerprint density at radius 1 is 1.19 bits per heavy atom. The zero-order valence-corrected chi connectivity index (χ0v) is 18.0. The summed E-state index contributed by atoms with van der Waals surface area (Å²) in [6, 6.07) is 8.42. The number of thiophene rings is 1. The second kappa shape index (κ2) is 8.73. The van der Waals surface area contributed by atoms with Gasteiger partial charge in [0.25, 0.3) is 5.91 Å². The van der Waals surface area contributed by atoms with E-state index in [4.69, 9.17) is 9.47 Å². The van der Waals surface area contributed by atoms with Gasteiger partial charge in [-0.3, -0.25) is 9.59 Å². The van der Waals surface area contributed by atoms with E-state index in [0.717, 1.165) is 29.7 Å². The summed E-state index contributed by atoms with van der Waals surface area (Å²) in [6.07, 6.45) is 4.08. The van der Waals surface area contributed by atoms with Gasteiger partial charge in [0, 0.05) is 17.1 Å². The quantitative estimate of drug-likeness (QED) is 0.592. The molecule has 1 aliphatic carbocycles. The number of carbonyl (C=O) groups excluding carboxylic acids is 2. The number of nitrogens with zero attached hydrogens (tertiary/aromatic N) is 2. The van der Waals surface area contributed by atoms with Gasteiger partial charge in [0.2, 0.25) is 5.43 Å². The van der Waals surface area contributed by atoms with Crippen molar-refractivity contribution in [2.24, 2.45) is 0 Å². The Labute approximate surface area is 182 Å². The van der Waals surface area contributed by atoms with Gasteiger partial charge in [0.1, 0.15) is 10.8 Å². The molecule has 0 bridgehead atoms. The third-order valence-electron chi connectivity index (χ3n) is 4.97. The monoisotopic (exact) mass is 439 g/mol. The fourth-order valence-electron chi connectivity index (χ4n) is 3.54. The minimum absolute atomic E-state index is 0.263. The summed E-state index contributed by atoms with van der Waals surface area (Å²) in [5.74, 6) is -0.454. The summed E-state index contributed by atoms with van der Waals surface area (Å²) < 4.78 is 11.8. The van der Waals surface area contributed by atoms with Crippen LogP contribution in [0.1, 0.15) is 44.6 Å². The van der Waals surface area contributed by atoms with Crippen LogP contribution >= 0.6 is 11.3 Å². The lowest BCUT2D eigenvalue weighted by atomic mass is 10.1. The van der Waals surface area contributed by atoms with E-state index < -0.39 is 17.3 Å². The fraction of sp³-hybridized carbons (Fsp3) is 0.273. The molecular formula is C22H21N3O5S. The molecule has 2 aromatic heterocycles. The van der Waals surface area contributed by atoms with Crippen molar-refractivity contribution in [3.8, 4) is 11.4 Å². The lowest BCUT2D eigenvalue weighted by molar-refractivity contribution is 0.0601. The van der Waals surface area contributed by atoms with Gasteiger partial charge in [0.15, 0.2) is 5.69 Å². The number of nitrogens with one attached hydrogen (secondary N) is 1. The van der Waals surface area contributed by atoms with Gasteiger partial charge in [-0.25, -0.2) is 9.48 Å². The molecule has 160 valence electrons. The molecule has 0 saturated heterocycles. The van der Waals surface area contributed by atoms with Crippen molar-refractivity contribution >= 4 is 28.2 Å². The van der Waals surface area contributed by atoms with Crippen LogP contribution in [0.4, 0.5) is 5.00 Å². The third-order valence-corrected chi connectivity index (χ3v) is 6.18. The molecule has 3 aromatic rings. The maximum absolute atomic E-state index is 12.9. The van der Waals surface area contributed by atoms with Crippen molar-refractivity contribution in [1.29, 1.82) is 0 Å². The van der Waals surface area contributed by atoms with Crippen LogP contribution in [0, 0.1) is 0 Å². The number of fused-ring (bicyclic) bond motifs is 1. The molecule has 1 N–H and O–H groups in total. The van der Waals surface area contributed by atoms with E-state index in [1.807, 2.05) is 6.92 Å². The first-order valence-corrected chi connectivity index (χ1v) is 10.7. The second-order valence-electron chi connectivity index (χ2n) is 6.91. The standard InChI is InChI=1S/C22H21N3O5S/c1-3-30-14-9-7-13(8-10-14)25-12-11-16(26)19(24-25)20(27)23-21-18(22(28)29-2)15-5-4-6-17(15)31-21/h7-12H,3-6H2,1-2H3,(H,23,27). The van der Waals surface area contributed by atoms with Crippen molar-refractivity contribution in [2.45, 2.75) is 26.2 Å². The van der Waals surface area contributed by atoms with E-state index in [-0.39, 0.29) is 5.69 Å². The smallest absolute Gasteiger partial charge is 0.341 e. The number of esters is 1. The van der Waals surface area contributed by atoms with Gasteiger partial charge in [-0.05, 0) is 56.0 Å². The minimum Gasteiger partial charge on any atom is -0.494 e. The Hall–Kier alpha value is -3.46. The SMILES string of the molecule is CCOc1ccc(-n2ccc(=O)c(C(=O)Nc3sc4c(c3C(=O)OC)CCC4)n2)cc1. The van der Waals surface area contributed by atoms with E-state index >= 15 is 0 Å². The molecule has 0 radical (unpaired) electrons. The highest BCUT2D eigenvalue weighted by Crippen LogP contribution is 2.39. The topological polar surface area (TPSA) is 99.5 Å². The number of methoxy groups -OCH3 is 1. The lowest BCUT2D eigenvalue weighted by Crippen LogP contribution is -2.25. The Morgan fingerprint density at radius 3 is 2.68 bits per heavy atom. The zero-order chi connectivity index (χ0) is 22.0. The first-order chi connectivity index (χ1) is 15.0. The molecule has 1 aromatic carbocycles. The van der Waals surface area contributed by atoms with Crippen LogP contribution in [0.5, 0.6) is 5.75 Å². The third kappa shape index (κ3) is 4.09. The minimum atomic E-state index is -0.671. The first-order valence-electron chi connectivity index (χ1n) is 9.89. The molecule has 0 unspecified atom stereocenters. The van der Waals surface area contributed by atoms with Gasteiger partial charge in [-0.1, -0.05) is 0 Å². The van der Waals surface area contributed by atoms with Gasteiger partial charge >= 0.3 is 5.97 Å². The summed E-state index contributed by atoms with van der Waals surface area (Å²) in [5, 5.41) is 7.30. The van der Waals surface area contributed by atoms with E-state index in [0.29, 0.717) is 28.6 Å². The summed E-state index contributed by atoms with van der Waals surface area (Å²) in [4.78, 5) is 38.6. The largest absolute Gasteiger partial charge is 0.494 e. The van der Waals surface area contributed by atoms with Crippen LogP contribution < -0.4 is 15.5 Å². The molecule has 1 amide bonds. The van der Waals surface area contributed by atoms with E-state index in [1.54, 1.807) is 24.3 Å². The summed E-state index contributed by atoms with van der Waals surface area (Å²) in [7, 11) is 1.31. The molecular weight excluding hydrogens is 418 g/mol. The van der Waals surface area contributed by atoms with Crippen LogP contribution in [0.3, 0.4) is 0 Å². The number of amides is 1. The molecule has 4 rings (SSSR count). The van der Waals surface area contributed by atoms with Crippen LogP contribution in [0.2, 0.25) is 0 Å². The number of carbonyl (C=O) groups is 2. The highest BCUT2D eigenvalue weighted by atomic mass is 32.1. The van der Waals surface area contributed by atoms with E-state index in [1.165, 1.54) is 35.4 Å². The second-order valence-corrected chi connectivity index (χ2v) is 8.01. The average Bonchev–Trinajstić information content (AvgIpc) is 3.35. The molecule has 0 saturated carbocycles. The Kier molecular flexibility index (Phi) is 5.85. The number of rotatable bonds is 6. The molecule has 0 fully saturated rings. The average molecular weight is 439 g/mol. The Bertz CT molecular complexity index is 1200. The number of anilines is 1. The maximum atomic E-state index is 12.9. The lowest BCUT2D eigenvalue weighted by Gasteiger charge is -2.09. The molecule has 9 heteroatoms. The van der Waals surface area contributed by atoms with E-state index in [9.17, 15) is 14.4 Å². The molecule has 0 spiro atoms. The van der Waals surface area contributed by atoms with Crippen molar-refractivity contribution in [3.05, 3.63) is 68.4 Å². The van der Waals surface area contributed by atoms with Crippen LogP contribution in [-0.4, -0.2) is 35.4 Å². The van der Waals surface area contributed by atoms with Crippen molar-refractivity contribution < 1.29 is 19.1 Å². The van der Waals surface area contributed by atoms with Crippen LogP contribution in [0.15, 0.2) is 41.3 Å². The fourth-order valence-corrected chi connectivity index (χ4v) is 4.82.